The average molecular weight is 503 g/mol. The zero-order chi connectivity index (χ0) is 25.5. The number of nitrogens with zero attached hydrogens (tertiary/aromatic N) is 3. The molecule has 0 unspecified atom stereocenters. The number of hydrazone groups is 1. The molecule has 0 spiro atoms. The smallest absolute Gasteiger partial charge is 0.277 e. The van der Waals surface area contributed by atoms with Crippen molar-refractivity contribution in [2.75, 3.05) is 7.11 Å². The lowest BCUT2D eigenvalue weighted by Crippen LogP contribution is -2.18. The molecular formula is C22H16ClFN4O7. The van der Waals surface area contributed by atoms with Crippen molar-refractivity contribution in [3.63, 3.8) is 0 Å². The van der Waals surface area contributed by atoms with Crippen molar-refractivity contribution >= 4 is 35.1 Å². The van der Waals surface area contributed by atoms with Gasteiger partial charge in [-0.1, -0.05) is 17.7 Å². The van der Waals surface area contributed by atoms with Crippen LogP contribution in [0.3, 0.4) is 0 Å². The average Bonchev–Trinajstić information content (AvgIpc) is 2.83. The Morgan fingerprint density at radius 1 is 1.09 bits per heavy atom. The van der Waals surface area contributed by atoms with E-state index in [4.69, 9.17) is 21.1 Å². The molecule has 1 N–H and O–H groups in total. The fraction of sp³-hybridized carbons (Fsp3) is 0.0909. The topological polar surface area (TPSA) is 146 Å². The normalized spacial score (nSPS) is 10.7. The maximum Gasteiger partial charge on any atom is 0.277 e. The molecular weight excluding hydrogens is 487 g/mol. The van der Waals surface area contributed by atoms with Crippen LogP contribution in [0.25, 0.3) is 0 Å². The molecule has 3 aromatic rings. The van der Waals surface area contributed by atoms with Crippen LogP contribution in [0, 0.1) is 26.0 Å². The Kier molecular flexibility index (Phi) is 7.89. The Hall–Kier alpha value is -4.58. The van der Waals surface area contributed by atoms with E-state index >= 15 is 0 Å². The van der Waals surface area contributed by atoms with Crippen molar-refractivity contribution in [3.8, 4) is 11.5 Å². The van der Waals surface area contributed by atoms with Gasteiger partial charge < -0.3 is 9.47 Å². The van der Waals surface area contributed by atoms with Gasteiger partial charge in [0.05, 0.1) is 39.8 Å². The second-order valence-electron chi connectivity index (χ2n) is 6.85. The van der Waals surface area contributed by atoms with Crippen molar-refractivity contribution in [2.45, 2.75) is 6.61 Å². The first-order valence-corrected chi connectivity index (χ1v) is 10.1. The predicted molar refractivity (Wildman–Crippen MR) is 124 cm³/mol. The quantitative estimate of drug-likeness (QED) is 0.254. The van der Waals surface area contributed by atoms with Crippen LogP contribution in [-0.4, -0.2) is 29.1 Å². The summed E-state index contributed by atoms with van der Waals surface area (Å²) < 4.78 is 24.8. The van der Waals surface area contributed by atoms with Crippen LogP contribution in [0.1, 0.15) is 21.5 Å². The van der Waals surface area contributed by atoms with Gasteiger partial charge in [0.15, 0.2) is 11.5 Å². The minimum atomic E-state index is -0.887. The molecule has 180 valence electrons. The maximum atomic E-state index is 13.9. The van der Waals surface area contributed by atoms with Gasteiger partial charge in [-0.2, -0.15) is 5.10 Å². The third-order valence-electron chi connectivity index (χ3n) is 4.59. The van der Waals surface area contributed by atoms with E-state index in [2.05, 4.69) is 10.5 Å². The number of ether oxygens (including phenoxy) is 2. The number of non-ortho nitro benzene ring substituents is 2. The van der Waals surface area contributed by atoms with Crippen LogP contribution in [-0.2, 0) is 6.61 Å². The van der Waals surface area contributed by atoms with Crippen LogP contribution < -0.4 is 14.9 Å². The summed E-state index contributed by atoms with van der Waals surface area (Å²) in [6.45, 7) is -0.138. The fourth-order valence-corrected chi connectivity index (χ4v) is 3.09. The number of hydrogen-bond donors (Lipinski definition) is 1. The summed E-state index contributed by atoms with van der Waals surface area (Å²) in [5.41, 5.74) is 1.29. The lowest BCUT2D eigenvalue weighted by Gasteiger charge is -2.12. The molecule has 0 atom stereocenters. The molecule has 0 aliphatic carbocycles. The first-order chi connectivity index (χ1) is 16.7. The lowest BCUT2D eigenvalue weighted by atomic mass is 10.1. The van der Waals surface area contributed by atoms with E-state index in [1.807, 2.05) is 0 Å². The number of rotatable bonds is 9. The highest BCUT2D eigenvalue weighted by Crippen LogP contribution is 2.30. The molecule has 3 rings (SSSR count). The number of nitrogens with one attached hydrogen (secondary N) is 1. The van der Waals surface area contributed by atoms with Gasteiger partial charge in [0.2, 0.25) is 0 Å². The van der Waals surface area contributed by atoms with Crippen LogP contribution in [0.5, 0.6) is 11.5 Å². The Balaban J connectivity index is 1.71. The van der Waals surface area contributed by atoms with Crippen molar-refractivity contribution in [1.82, 2.24) is 5.43 Å². The molecule has 35 heavy (non-hydrogen) atoms. The molecule has 0 aromatic heterocycles. The number of methoxy groups -OCH3 is 1. The van der Waals surface area contributed by atoms with E-state index in [9.17, 15) is 29.4 Å². The zero-order valence-corrected chi connectivity index (χ0v) is 18.7. The number of benzene rings is 3. The monoisotopic (exact) mass is 502 g/mol. The Morgan fingerprint density at radius 3 is 2.37 bits per heavy atom. The SMILES string of the molecule is COc1cc(/C=N\NC(=O)c2cc([N+](=O)[O-])cc([N+](=O)[O-])c2)ccc1OCc1c(F)cccc1Cl. The van der Waals surface area contributed by atoms with Crippen LogP contribution in [0.2, 0.25) is 5.02 Å². The Labute approximate surface area is 202 Å². The van der Waals surface area contributed by atoms with Gasteiger partial charge >= 0.3 is 0 Å². The number of hydrogen-bond acceptors (Lipinski definition) is 8. The predicted octanol–water partition coefficient (Wildman–Crippen LogP) is 4.65. The first-order valence-electron chi connectivity index (χ1n) is 9.70. The largest absolute Gasteiger partial charge is 0.493 e. The number of amides is 1. The first kappa shape index (κ1) is 25.1. The summed E-state index contributed by atoms with van der Waals surface area (Å²) in [6, 6.07) is 11.5. The fourth-order valence-electron chi connectivity index (χ4n) is 2.87. The van der Waals surface area contributed by atoms with Crippen molar-refractivity contribution in [1.29, 1.82) is 0 Å². The van der Waals surface area contributed by atoms with E-state index in [-0.39, 0.29) is 22.8 Å². The number of carbonyl (C=O) groups is 1. The molecule has 0 bridgehead atoms. The molecule has 0 aliphatic rings. The summed E-state index contributed by atoms with van der Waals surface area (Å²) in [5, 5.41) is 25.9. The molecule has 0 saturated carbocycles. The minimum absolute atomic E-state index is 0.138. The number of carbonyl (C=O) groups excluding carboxylic acids is 1. The Bertz CT molecular complexity index is 1280. The van der Waals surface area contributed by atoms with Crippen LogP contribution >= 0.6 is 11.6 Å². The highest BCUT2D eigenvalue weighted by Gasteiger charge is 2.19. The molecule has 1 amide bonds. The molecule has 0 radical (unpaired) electrons. The molecule has 0 saturated heterocycles. The van der Waals surface area contributed by atoms with Gasteiger partial charge in [-0.15, -0.1) is 0 Å². The van der Waals surface area contributed by atoms with Gasteiger partial charge in [0.1, 0.15) is 12.4 Å². The summed E-state index contributed by atoms with van der Waals surface area (Å²) in [6.07, 6.45) is 1.25. The molecule has 0 aliphatic heterocycles. The highest BCUT2D eigenvalue weighted by atomic mass is 35.5. The van der Waals surface area contributed by atoms with Crippen molar-refractivity contribution < 1.29 is 28.5 Å². The van der Waals surface area contributed by atoms with Crippen LogP contribution in [0.4, 0.5) is 15.8 Å². The molecule has 0 fully saturated rings. The standard InChI is InChI=1S/C22H16ClFN4O7/c1-34-21-7-13(5-6-20(21)35-12-17-18(23)3-2-4-19(17)24)11-25-26-22(29)14-8-15(27(30)31)10-16(9-14)28(32)33/h2-11H,12H2,1H3,(H,26,29)/b25-11-. The second-order valence-corrected chi connectivity index (χ2v) is 7.26. The Morgan fingerprint density at radius 2 is 1.77 bits per heavy atom. The third kappa shape index (κ3) is 6.26. The second kappa shape index (κ2) is 11.0. The molecule has 3 aromatic carbocycles. The van der Waals surface area contributed by atoms with E-state index in [0.29, 0.717) is 17.1 Å². The van der Waals surface area contributed by atoms with Gasteiger partial charge in [-0.3, -0.25) is 25.0 Å². The van der Waals surface area contributed by atoms with Gasteiger partial charge in [-0.25, -0.2) is 9.82 Å². The molecule has 0 heterocycles. The number of nitro groups is 2. The summed E-state index contributed by atoms with van der Waals surface area (Å²) in [5.74, 6) is -0.800. The van der Waals surface area contributed by atoms with Gasteiger partial charge in [-0.05, 0) is 35.9 Å². The van der Waals surface area contributed by atoms with E-state index in [1.54, 1.807) is 18.2 Å². The number of nitro benzene ring substituents is 2. The van der Waals surface area contributed by atoms with Crippen molar-refractivity contribution in [2.24, 2.45) is 5.10 Å². The maximum absolute atomic E-state index is 13.9. The van der Waals surface area contributed by atoms with Crippen LogP contribution in [0.15, 0.2) is 59.7 Å². The molecule has 11 nitrogen and oxygen atoms in total. The van der Waals surface area contributed by atoms with E-state index < -0.39 is 32.9 Å². The lowest BCUT2D eigenvalue weighted by molar-refractivity contribution is -0.394. The van der Waals surface area contributed by atoms with E-state index in [1.165, 1.54) is 31.5 Å². The minimum Gasteiger partial charge on any atom is -0.493 e. The van der Waals surface area contributed by atoms with Gasteiger partial charge in [0.25, 0.3) is 17.3 Å². The van der Waals surface area contributed by atoms with Gasteiger partial charge in [0, 0.05) is 17.7 Å². The third-order valence-corrected chi connectivity index (χ3v) is 4.94. The summed E-state index contributed by atoms with van der Waals surface area (Å²) in [7, 11) is 1.40. The summed E-state index contributed by atoms with van der Waals surface area (Å²) >= 11 is 6.00. The van der Waals surface area contributed by atoms with E-state index in [0.717, 1.165) is 18.2 Å². The molecule has 13 heteroatoms. The summed E-state index contributed by atoms with van der Waals surface area (Å²) in [4.78, 5) is 32.5. The highest BCUT2D eigenvalue weighted by molar-refractivity contribution is 6.31. The number of halogens is 2. The van der Waals surface area contributed by atoms with Crippen molar-refractivity contribution in [3.05, 3.63) is 102 Å². The zero-order valence-electron chi connectivity index (χ0n) is 17.9.